The first-order valence-corrected chi connectivity index (χ1v) is 13.2. The molecule has 10 N–H and O–H groups in total. The van der Waals surface area contributed by atoms with Gasteiger partial charge in [0.05, 0.1) is 12.6 Å². The summed E-state index contributed by atoms with van der Waals surface area (Å²) in [6.07, 6.45) is -13.1. The van der Waals surface area contributed by atoms with Gasteiger partial charge in [-0.05, 0) is 0 Å². The first-order valence-electron chi connectivity index (χ1n) is 10.2. The molecule has 11 atom stereocenters. The highest BCUT2D eigenvalue weighted by Gasteiger charge is 2.49. The van der Waals surface area contributed by atoms with Crippen LogP contribution < -0.4 is 17.0 Å². The van der Waals surface area contributed by atoms with Gasteiger partial charge in [0.2, 0.25) is 0 Å². The number of phosphoric ester groups is 2. The van der Waals surface area contributed by atoms with Crippen molar-refractivity contribution >= 4 is 15.6 Å². The Kier molecular flexibility index (Phi) is 9.58. The van der Waals surface area contributed by atoms with Gasteiger partial charge < -0.3 is 55.3 Å². The molecule has 3 heterocycles. The fourth-order valence-corrected chi connectivity index (χ4v) is 5.53. The van der Waals surface area contributed by atoms with Gasteiger partial charge >= 0.3 is 21.3 Å². The van der Waals surface area contributed by atoms with E-state index in [0.29, 0.717) is 0 Å². The van der Waals surface area contributed by atoms with E-state index >= 15 is 0 Å². The number of aromatic amines is 1. The summed E-state index contributed by atoms with van der Waals surface area (Å²) in [5.41, 5.74) is 3.81. The molecule has 212 valence electrons. The number of aliphatic hydroxyl groups excluding tert-OH is 5. The fraction of sp³-hybridized carbons (Fsp3) is 0.733. The summed E-state index contributed by atoms with van der Waals surface area (Å²) in [7, 11) is -11.0. The Morgan fingerprint density at radius 3 is 2.30 bits per heavy atom. The molecule has 0 saturated carbocycles. The maximum Gasteiger partial charge on any atom is 0.483 e. The fourth-order valence-electron chi connectivity index (χ4n) is 3.36. The van der Waals surface area contributed by atoms with Gasteiger partial charge in [-0.2, -0.15) is 4.31 Å². The molecule has 5 unspecified atom stereocenters. The number of hydrogen-bond acceptors (Lipinski definition) is 16. The molecule has 22 heteroatoms. The lowest BCUT2D eigenvalue weighted by Gasteiger charge is -2.40. The molecule has 0 aromatic carbocycles. The van der Waals surface area contributed by atoms with E-state index in [1.165, 1.54) is 0 Å². The van der Waals surface area contributed by atoms with Crippen molar-refractivity contribution in [3.8, 4) is 0 Å². The van der Waals surface area contributed by atoms with Gasteiger partial charge in [0, 0.05) is 12.3 Å². The minimum Gasteiger partial charge on any atom is -0.388 e. The van der Waals surface area contributed by atoms with E-state index in [4.69, 9.17) is 20.3 Å². The topological polar surface area (TPSA) is 312 Å². The van der Waals surface area contributed by atoms with E-state index in [-0.39, 0.29) is 0 Å². The zero-order valence-electron chi connectivity index (χ0n) is 18.4. The third-order valence-corrected chi connectivity index (χ3v) is 7.75. The number of phosphoric acid groups is 2. The zero-order chi connectivity index (χ0) is 27.7. The summed E-state index contributed by atoms with van der Waals surface area (Å²) >= 11 is 0. The van der Waals surface area contributed by atoms with Gasteiger partial charge in [-0.15, -0.1) is 0 Å². The highest BCUT2D eigenvalue weighted by atomic mass is 31.3. The normalized spacial score (nSPS) is 37.7. The first-order chi connectivity index (χ1) is 17.2. The number of nitrogens with two attached hydrogens (primary N) is 1. The van der Waals surface area contributed by atoms with Crippen LogP contribution >= 0.6 is 15.6 Å². The van der Waals surface area contributed by atoms with Crippen molar-refractivity contribution in [1.29, 1.82) is 0 Å². The highest BCUT2D eigenvalue weighted by molar-refractivity contribution is 7.61. The molecule has 0 bridgehead atoms. The van der Waals surface area contributed by atoms with Crippen LogP contribution in [0.5, 0.6) is 0 Å². The van der Waals surface area contributed by atoms with Crippen LogP contribution in [-0.2, 0) is 36.7 Å². The number of rotatable bonds is 10. The molecule has 20 nitrogen and oxygen atoms in total. The number of ether oxygens (including phenoxy) is 3. The predicted molar refractivity (Wildman–Crippen MR) is 112 cm³/mol. The summed E-state index contributed by atoms with van der Waals surface area (Å²) in [6.45, 7) is -2.01. The van der Waals surface area contributed by atoms with Crippen LogP contribution in [0.15, 0.2) is 21.9 Å². The molecule has 1 aromatic rings. The Morgan fingerprint density at radius 2 is 1.68 bits per heavy atom. The number of nitrogens with zero attached hydrogens (tertiary/aromatic N) is 1. The van der Waals surface area contributed by atoms with Gasteiger partial charge in [0.15, 0.2) is 18.8 Å². The second kappa shape index (κ2) is 11.8. The molecule has 0 amide bonds. The molecule has 0 spiro atoms. The van der Waals surface area contributed by atoms with Gasteiger partial charge in [-0.3, -0.25) is 23.4 Å². The van der Waals surface area contributed by atoms with Gasteiger partial charge in [0.1, 0.15) is 37.3 Å². The van der Waals surface area contributed by atoms with Crippen LogP contribution in [-0.4, -0.2) is 107 Å². The zero-order valence-corrected chi connectivity index (χ0v) is 20.2. The first kappa shape index (κ1) is 30.1. The van der Waals surface area contributed by atoms with Crippen LogP contribution in [0.2, 0.25) is 0 Å². The summed E-state index contributed by atoms with van der Waals surface area (Å²) in [5, 5.41) is 48.8. The smallest absolute Gasteiger partial charge is 0.388 e. The van der Waals surface area contributed by atoms with Crippen molar-refractivity contribution < 1.29 is 72.0 Å². The number of hydrogen-bond donors (Lipinski definition) is 9. The van der Waals surface area contributed by atoms with Crippen LogP contribution in [0.3, 0.4) is 0 Å². The monoisotopic (exact) mass is 581 g/mol. The van der Waals surface area contributed by atoms with Crippen molar-refractivity contribution in [1.82, 2.24) is 9.55 Å². The summed E-state index contributed by atoms with van der Waals surface area (Å²) < 4.78 is 53.1. The lowest BCUT2D eigenvalue weighted by Crippen LogP contribution is -2.62. The molecular weight excluding hydrogens is 556 g/mol. The van der Waals surface area contributed by atoms with Gasteiger partial charge in [0.25, 0.3) is 5.56 Å². The van der Waals surface area contributed by atoms with Crippen molar-refractivity contribution in [2.75, 3.05) is 13.4 Å². The van der Waals surface area contributed by atoms with Crippen LogP contribution in [0.25, 0.3) is 0 Å². The third kappa shape index (κ3) is 7.16. The minimum absolute atomic E-state index is 0.729. The van der Waals surface area contributed by atoms with Gasteiger partial charge in [-0.25, -0.2) is 13.9 Å². The molecule has 0 aliphatic carbocycles. The summed E-state index contributed by atoms with van der Waals surface area (Å²) in [4.78, 5) is 44.7. The van der Waals surface area contributed by atoms with Crippen LogP contribution in [0, 0.1) is 0 Å². The maximum atomic E-state index is 12.3. The number of nitrogens with one attached hydrogen (secondary N) is 1. The van der Waals surface area contributed by atoms with Gasteiger partial charge in [-0.1, -0.05) is 0 Å². The number of aliphatic hydroxyl groups is 5. The maximum absolute atomic E-state index is 12.3. The second-order valence-electron chi connectivity index (χ2n) is 7.71. The van der Waals surface area contributed by atoms with E-state index in [0.717, 1.165) is 16.8 Å². The van der Waals surface area contributed by atoms with Crippen molar-refractivity contribution in [2.45, 2.75) is 55.4 Å². The predicted octanol–water partition coefficient (Wildman–Crippen LogP) is -4.90. The van der Waals surface area contributed by atoms with E-state index in [2.05, 4.69) is 18.1 Å². The standard InChI is InChI=1S/C15H25N3O17P2/c16-7-9(22)11(24)14(30-4-19)33-13(7)34-37(28,29)35-36(26,27)31-3-5-8(21)10(23)12(32-5)18-2-1-6(20)17-15(18)25/h1-2,5,7-14,19,21-24H,3-4,16H2,(H,26,27)(H,28,29)(H,17,20,25)/t5-,7?,8?,9?,10?,11+,12-,13-,14?/m1/s1. The molecule has 2 aliphatic rings. The lowest BCUT2D eigenvalue weighted by atomic mass is 10.0. The molecule has 2 aliphatic heterocycles. The Hall–Kier alpha value is -1.42. The lowest BCUT2D eigenvalue weighted by molar-refractivity contribution is -0.321. The molecule has 2 saturated heterocycles. The van der Waals surface area contributed by atoms with E-state index in [9.17, 15) is 48.9 Å². The number of H-pyrrole nitrogens is 1. The number of aromatic nitrogens is 2. The Morgan fingerprint density at radius 1 is 1.00 bits per heavy atom. The summed E-state index contributed by atoms with van der Waals surface area (Å²) in [5.74, 6) is 0. The molecule has 3 rings (SSSR count). The average molecular weight is 581 g/mol. The Balaban J connectivity index is 1.61. The van der Waals surface area contributed by atoms with Crippen molar-refractivity contribution in [3.05, 3.63) is 33.1 Å². The highest BCUT2D eigenvalue weighted by Crippen LogP contribution is 2.61. The molecule has 1 aromatic heterocycles. The van der Waals surface area contributed by atoms with E-state index in [1.807, 2.05) is 4.98 Å². The molecule has 37 heavy (non-hydrogen) atoms. The van der Waals surface area contributed by atoms with Crippen molar-refractivity contribution in [2.24, 2.45) is 5.73 Å². The molecular formula is C15H25N3O17P2. The SMILES string of the molecule is NC1C(O)[C@H](O)C(OCO)O[C@@H]1O[P@@](=O)(O)O[P@@](=O)(O)OC[C@H]1O[C@@H](n2ccc(=O)[nH]c2=O)C(O)C1O. The Bertz CT molecular complexity index is 1150. The van der Waals surface area contributed by atoms with Crippen LogP contribution in [0.1, 0.15) is 6.23 Å². The summed E-state index contributed by atoms with van der Waals surface area (Å²) in [6, 6.07) is -0.754. The quantitative estimate of drug-likeness (QED) is 0.0923. The average Bonchev–Trinajstić information content (AvgIpc) is 3.07. The van der Waals surface area contributed by atoms with Crippen molar-refractivity contribution in [3.63, 3.8) is 0 Å². The van der Waals surface area contributed by atoms with Crippen LogP contribution in [0.4, 0.5) is 0 Å². The van der Waals surface area contributed by atoms with E-state index < -0.39 is 95.7 Å². The Labute approximate surface area is 205 Å². The molecule has 2 fully saturated rings. The largest absolute Gasteiger partial charge is 0.483 e. The second-order valence-corrected chi connectivity index (χ2v) is 10.7. The minimum atomic E-state index is -5.56. The third-order valence-electron chi connectivity index (χ3n) is 5.15. The van der Waals surface area contributed by atoms with E-state index in [1.54, 1.807) is 0 Å². The molecule has 0 radical (unpaired) electrons.